The van der Waals surface area contributed by atoms with Crippen LogP contribution in [-0.4, -0.2) is 26.6 Å². The van der Waals surface area contributed by atoms with Crippen molar-refractivity contribution in [1.82, 2.24) is 20.1 Å². The summed E-state index contributed by atoms with van der Waals surface area (Å²) in [5.74, 6) is -0.587. The van der Waals surface area contributed by atoms with E-state index in [1.807, 2.05) is 6.07 Å². The quantitative estimate of drug-likeness (QED) is 0.751. The number of piperidine rings is 1. The van der Waals surface area contributed by atoms with Gasteiger partial charge in [0.2, 0.25) is 0 Å². The van der Waals surface area contributed by atoms with Gasteiger partial charge in [0.15, 0.2) is 0 Å². The second kappa shape index (κ2) is 7.33. The van der Waals surface area contributed by atoms with E-state index in [4.69, 9.17) is 0 Å². The highest BCUT2D eigenvalue weighted by Gasteiger charge is 2.28. The maximum Gasteiger partial charge on any atom is 0.141 e. The number of aromatic amines is 1. The summed E-state index contributed by atoms with van der Waals surface area (Å²) in [7, 11) is 0. The zero-order valence-corrected chi connectivity index (χ0v) is 14.3. The fourth-order valence-electron chi connectivity index (χ4n) is 3.65. The second-order valence-corrected chi connectivity index (χ2v) is 6.66. The first-order valence-corrected chi connectivity index (χ1v) is 8.84. The van der Waals surface area contributed by atoms with E-state index in [1.54, 1.807) is 18.3 Å². The number of aromatic nitrogens is 3. The summed E-state index contributed by atoms with van der Waals surface area (Å²) in [4.78, 5) is 6.52. The number of pyridine rings is 1. The highest BCUT2D eigenvalue weighted by atomic mass is 19.1. The summed E-state index contributed by atoms with van der Waals surface area (Å²) in [5.41, 5.74) is 3.58. The molecular formula is C20H20F2N4. The number of hydrogen-bond donors (Lipinski definition) is 1. The number of halogens is 2. The molecule has 26 heavy (non-hydrogen) atoms. The topological polar surface area (TPSA) is 44.8 Å². The first-order valence-electron chi connectivity index (χ1n) is 8.84. The molecule has 1 fully saturated rings. The van der Waals surface area contributed by atoms with Crippen molar-refractivity contribution in [3.05, 3.63) is 71.8 Å². The van der Waals surface area contributed by atoms with Gasteiger partial charge in [-0.2, -0.15) is 5.10 Å². The summed E-state index contributed by atoms with van der Waals surface area (Å²) in [5, 5.41) is 7.34. The van der Waals surface area contributed by atoms with Gasteiger partial charge >= 0.3 is 0 Å². The average molecular weight is 354 g/mol. The fourth-order valence-corrected chi connectivity index (χ4v) is 3.65. The number of rotatable bonds is 4. The lowest BCUT2D eigenvalue weighted by Gasteiger charge is -2.35. The van der Waals surface area contributed by atoms with Gasteiger partial charge in [0, 0.05) is 12.1 Å². The normalized spacial score (nSPS) is 18.2. The maximum absolute atomic E-state index is 13.6. The molecule has 6 heteroatoms. The van der Waals surface area contributed by atoms with Crippen molar-refractivity contribution >= 4 is 0 Å². The molecule has 0 bridgehead atoms. The lowest BCUT2D eigenvalue weighted by molar-refractivity contribution is 0.136. The molecule has 1 saturated heterocycles. The minimum atomic E-state index is -0.328. The molecule has 0 aliphatic carbocycles. The molecule has 1 aromatic carbocycles. The zero-order valence-electron chi connectivity index (χ0n) is 14.3. The third-order valence-electron chi connectivity index (χ3n) is 4.91. The Morgan fingerprint density at radius 2 is 2.00 bits per heavy atom. The number of likely N-dealkylation sites (tertiary alicyclic amines) is 1. The van der Waals surface area contributed by atoms with Crippen LogP contribution >= 0.6 is 0 Å². The molecule has 1 unspecified atom stereocenters. The molecule has 0 spiro atoms. The Labute approximate surface area is 150 Å². The first-order chi connectivity index (χ1) is 12.7. The molecule has 3 heterocycles. The monoisotopic (exact) mass is 354 g/mol. The van der Waals surface area contributed by atoms with Gasteiger partial charge in [-0.3, -0.25) is 15.0 Å². The van der Waals surface area contributed by atoms with E-state index in [0.29, 0.717) is 6.54 Å². The Morgan fingerprint density at radius 1 is 1.08 bits per heavy atom. The van der Waals surface area contributed by atoms with Crippen LogP contribution in [0.4, 0.5) is 8.78 Å². The second-order valence-electron chi connectivity index (χ2n) is 6.66. The molecule has 1 N–H and O–H groups in total. The Hall–Kier alpha value is -2.60. The lowest BCUT2D eigenvalue weighted by Crippen LogP contribution is -2.33. The van der Waals surface area contributed by atoms with Crippen LogP contribution in [0.2, 0.25) is 0 Å². The molecule has 1 aliphatic rings. The molecular weight excluding hydrogens is 334 g/mol. The van der Waals surface area contributed by atoms with Crippen LogP contribution in [-0.2, 0) is 6.54 Å². The van der Waals surface area contributed by atoms with E-state index in [-0.39, 0.29) is 17.7 Å². The van der Waals surface area contributed by atoms with E-state index in [9.17, 15) is 8.78 Å². The standard InChI is InChI=1S/C20H20F2N4/c21-15-5-3-4-14(10-15)18-12-24-25-20(18)19-6-1-2-9-26(19)13-17-8-7-16(22)11-23-17/h3-5,7-8,10-12,19H,1-2,6,9,13H2,(H,24,25). The number of nitrogens with one attached hydrogen (secondary N) is 1. The van der Waals surface area contributed by atoms with E-state index >= 15 is 0 Å². The van der Waals surface area contributed by atoms with Crippen molar-refractivity contribution in [2.24, 2.45) is 0 Å². The van der Waals surface area contributed by atoms with Crippen LogP contribution in [0.5, 0.6) is 0 Å². The van der Waals surface area contributed by atoms with Crippen LogP contribution in [0.3, 0.4) is 0 Å². The van der Waals surface area contributed by atoms with Crippen molar-refractivity contribution in [2.45, 2.75) is 31.8 Å². The summed E-state index contributed by atoms with van der Waals surface area (Å²) in [6.45, 7) is 1.58. The van der Waals surface area contributed by atoms with Crippen molar-refractivity contribution in [2.75, 3.05) is 6.54 Å². The molecule has 0 radical (unpaired) electrons. The fraction of sp³-hybridized carbons (Fsp3) is 0.300. The van der Waals surface area contributed by atoms with E-state index in [0.717, 1.165) is 48.3 Å². The largest absolute Gasteiger partial charge is 0.289 e. The minimum absolute atomic E-state index is 0.149. The molecule has 0 saturated carbocycles. The SMILES string of the molecule is Fc1ccc(CN2CCCCC2c2[nH]ncc2-c2cccc(F)c2)nc1. The molecule has 3 aromatic rings. The number of hydrogen-bond acceptors (Lipinski definition) is 3. The van der Waals surface area contributed by atoms with E-state index < -0.39 is 0 Å². The van der Waals surface area contributed by atoms with Crippen LogP contribution < -0.4 is 0 Å². The van der Waals surface area contributed by atoms with Gasteiger partial charge in [0.05, 0.1) is 29.8 Å². The van der Waals surface area contributed by atoms with Crippen LogP contribution in [0.15, 0.2) is 48.8 Å². The zero-order chi connectivity index (χ0) is 17.9. The molecule has 4 rings (SSSR count). The van der Waals surface area contributed by atoms with Gasteiger partial charge in [0.25, 0.3) is 0 Å². The molecule has 1 aliphatic heterocycles. The van der Waals surface area contributed by atoms with E-state index in [2.05, 4.69) is 20.1 Å². The van der Waals surface area contributed by atoms with Crippen molar-refractivity contribution in [1.29, 1.82) is 0 Å². The molecule has 134 valence electrons. The molecule has 2 aromatic heterocycles. The summed E-state index contributed by atoms with van der Waals surface area (Å²) >= 11 is 0. The molecule has 1 atom stereocenters. The summed E-state index contributed by atoms with van der Waals surface area (Å²) in [6.07, 6.45) is 6.24. The summed E-state index contributed by atoms with van der Waals surface area (Å²) in [6, 6.07) is 9.89. The Morgan fingerprint density at radius 3 is 2.81 bits per heavy atom. The first kappa shape index (κ1) is 16.8. The Balaban J connectivity index is 1.63. The van der Waals surface area contributed by atoms with Gasteiger partial charge < -0.3 is 0 Å². The Bertz CT molecular complexity index is 876. The third kappa shape index (κ3) is 3.51. The molecule has 0 amide bonds. The van der Waals surface area contributed by atoms with Gasteiger partial charge in [-0.25, -0.2) is 8.78 Å². The van der Waals surface area contributed by atoms with Gasteiger partial charge in [-0.1, -0.05) is 18.6 Å². The number of benzene rings is 1. The number of nitrogens with zero attached hydrogens (tertiary/aromatic N) is 3. The van der Waals surface area contributed by atoms with Crippen molar-refractivity contribution in [3.63, 3.8) is 0 Å². The smallest absolute Gasteiger partial charge is 0.141 e. The van der Waals surface area contributed by atoms with Gasteiger partial charge in [-0.05, 0) is 49.2 Å². The highest BCUT2D eigenvalue weighted by molar-refractivity contribution is 5.65. The number of H-pyrrole nitrogens is 1. The van der Waals surface area contributed by atoms with Crippen LogP contribution in [0.1, 0.15) is 36.7 Å². The van der Waals surface area contributed by atoms with E-state index in [1.165, 1.54) is 24.4 Å². The predicted molar refractivity (Wildman–Crippen MR) is 95.2 cm³/mol. The Kier molecular flexibility index (Phi) is 4.75. The molecule has 4 nitrogen and oxygen atoms in total. The average Bonchev–Trinajstić information content (AvgIpc) is 3.14. The minimum Gasteiger partial charge on any atom is -0.289 e. The predicted octanol–water partition coefficient (Wildman–Crippen LogP) is 4.48. The lowest BCUT2D eigenvalue weighted by atomic mass is 9.94. The van der Waals surface area contributed by atoms with Crippen molar-refractivity contribution in [3.8, 4) is 11.1 Å². The van der Waals surface area contributed by atoms with Crippen molar-refractivity contribution < 1.29 is 8.78 Å². The highest BCUT2D eigenvalue weighted by Crippen LogP contribution is 2.36. The van der Waals surface area contributed by atoms with Crippen LogP contribution in [0.25, 0.3) is 11.1 Å². The van der Waals surface area contributed by atoms with Crippen LogP contribution in [0, 0.1) is 11.6 Å². The van der Waals surface area contributed by atoms with Gasteiger partial charge in [0.1, 0.15) is 11.6 Å². The third-order valence-corrected chi connectivity index (χ3v) is 4.91. The summed E-state index contributed by atoms with van der Waals surface area (Å²) < 4.78 is 26.8. The maximum atomic E-state index is 13.6. The van der Waals surface area contributed by atoms with Gasteiger partial charge in [-0.15, -0.1) is 0 Å².